The minimum absolute atomic E-state index is 0.0469. The van der Waals surface area contributed by atoms with Gasteiger partial charge in [-0.15, -0.1) is 0 Å². The van der Waals surface area contributed by atoms with Gasteiger partial charge in [-0.25, -0.2) is 0 Å². The minimum Gasteiger partial charge on any atom is -0.366 e. The number of piperidine rings is 1. The molecule has 150 valence electrons. The lowest BCUT2D eigenvalue weighted by Crippen LogP contribution is -2.44. The van der Waals surface area contributed by atoms with Crippen LogP contribution in [0, 0.1) is 10.1 Å². The summed E-state index contributed by atoms with van der Waals surface area (Å²) in [7, 11) is 0. The van der Waals surface area contributed by atoms with Crippen LogP contribution >= 0.6 is 22.9 Å². The molecule has 28 heavy (non-hydrogen) atoms. The third kappa shape index (κ3) is 4.39. The molecule has 0 bridgehead atoms. The number of rotatable bonds is 4. The molecule has 0 unspecified atom stereocenters. The van der Waals surface area contributed by atoms with Crippen LogP contribution in [-0.4, -0.2) is 30.0 Å². The van der Waals surface area contributed by atoms with Gasteiger partial charge in [-0.1, -0.05) is 11.6 Å². The van der Waals surface area contributed by atoms with E-state index >= 15 is 0 Å². The minimum atomic E-state index is -4.78. The van der Waals surface area contributed by atoms with Gasteiger partial charge in [0.2, 0.25) is 0 Å². The summed E-state index contributed by atoms with van der Waals surface area (Å²) in [4.78, 5) is 24.2. The number of hydrogen-bond acceptors (Lipinski definition) is 5. The molecule has 3 rings (SSSR count). The van der Waals surface area contributed by atoms with Crippen LogP contribution < -0.4 is 10.2 Å². The monoisotopic (exact) mass is 433 g/mol. The Hall–Kier alpha value is -2.33. The summed E-state index contributed by atoms with van der Waals surface area (Å²) in [6.07, 6.45) is -3.77. The van der Waals surface area contributed by atoms with Gasteiger partial charge in [0.05, 0.1) is 15.5 Å². The van der Waals surface area contributed by atoms with Crippen LogP contribution in [0.15, 0.2) is 29.0 Å². The van der Waals surface area contributed by atoms with Gasteiger partial charge in [-0.2, -0.15) is 24.5 Å². The molecule has 2 aromatic rings. The maximum Gasteiger partial charge on any atom is 0.418 e. The van der Waals surface area contributed by atoms with Gasteiger partial charge in [-0.05, 0) is 30.4 Å². The van der Waals surface area contributed by atoms with Crippen LogP contribution in [0.4, 0.5) is 24.5 Å². The highest BCUT2D eigenvalue weighted by atomic mass is 35.5. The molecular weight excluding hydrogens is 419 g/mol. The molecule has 1 aliphatic rings. The zero-order valence-corrected chi connectivity index (χ0v) is 15.9. The van der Waals surface area contributed by atoms with Gasteiger partial charge < -0.3 is 10.2 Å². The summed E-state index contributed by atoms with van der Waals surface area (Å²) in [5, 5.41) is 17.2. The van der Waals surface area contributed by atoms with E-state index in [0.717, 1.165) is 6.07 Å². The second-order valence-corrected chi connectivity index (χ2v) is 7.51. The molecule has 1 fully saturated rings. The van der Waals surface area contributed by atoms with Crippen molar-refractivity contribution >= 4 is 40.2 Å². The average molecular weight is 434 g/mol. The quantitative estimate of drug-likeness (QED) is 0.558. The fourth-order valence-corrected chi connectivity index (χ4v) is 4.00. The van der Waals surface area contributed by atoms with E-state index in [1.807, 2.05) is 0 Å². The zero-order valence-electron chi connectivity index (χ0n) is 14.3. The van der Waals surface area contributed by atoms with Crippen molar-refractivity contribution in [3.05, 3.63) is 55.2 Å². The number of thiophene rings is 1. The number of halogens is 4. The molecule has 1 N–H and O–H groups in total. The summed E-state index contributed by atoms with van der Waals surface area (Å²) in [5.74, 6) is -0.191. The molecule has 11 heteroatoms. The number of anilines is 1. The number of alkyl halides is 3. The summed E-state index contributed by atoms with van der Waals surface area (Å²) < 4.78 is 39.0. The fraction of sp³-hybridized carbons (Fsp3) is 0.353. The first-order valence-electron chi connectivity index (χ1n) is 8.30. The maximum absolute atomic E-state index is 13.0. The van der Waals surface area contributed by atoms with Crippen molar-refractivity contribution in [3.8, 4) is 0 Å². The third-order valence-electron chi connectivity index (χ3n) is 4.52. The number of amides is 1. The normalized spacial score (nSPS) is 15.5. The highest BCUT2D eigenvalue weighted by molar-refractivity contribution is 7.08. The van der Waals surface area contributed by atoms with Gasteiger partial charge in [-0.3, -0.25) is 14.9 Å². The number of nitrogens with zero attached hydrogens (tertiary/aromatic N) is 2. The molecule has 0 radical (unpaired) electrons. The molecule has 1 aromatic heterocycles. The first-order chi connectivity index (χ1) is 13.2. The number of nitro groups is 1. The topological polar surface area (TPSA) is 75.5 Å². The lowest BCUT2D eigenvalue weighted by Gasteiger charge is -2.33. The Labute approximate surface area is 167 Å². The molecule has 6 nitrogen and oxygen atoms in total. The Morgan fingerprint density at radius 2 is 2.00 bits per heavy atom. The Balaban J connectivity index is 1.74. The van der Waals surface area contributed by atoms with E-state index in [9.17, 15) is 28.1 Å². The van der Waals surface area contributed by atoms with Crippen LogP contribution in [-0.2, 0) is 6.18 Å². The van der Waals surface area contributed by atoms with Gasteiger partial charge in [0.25, 0.3) is 11.6 Å². The molecule has 1 amide bonds. The molecule has 1 saturated heterocycles. The highest BCUT2D eigenvalue weighted by Gasteiger charge is 2.37. The summed E-state index contributed by atoms with van der Waals surface area (Å²) >= 11 is 7.15. The van der Waals surface area contributed by atoms with Gasteiger partial charge in [0, 0.05) is 36.1 Å². The highest BCUT2D eigenvalue weighted by Crippen LogP contribution is 2.42. The third-order valence-corrected chi connectivity index (χ3v) is 5.52. The molecule has 1 aliphatic heterocycles. The van der Waals surface area contributed by atoms with Crippen molar-refractivity contribution in [2.75, 3.05) is 18.0 Å². The van der Waals surface area contributed by atoms with Gasteiger partial charge >= 0.3 is 6.18 Å². The molecule has 0 aliphatic carbocycles. The van der Waals surface area contributed by atoms with E-state index < -0.39 is 27.4 Å². The Kier molecular flexibility index (Phi) is 5.80. The van der Waals surface area contributed by atoms with Gasteiger partial charge in [0.15, 0.2) is 0 Å². The second kappa shape index (κ2) is 7.96. The largest absolute Gasteiger partial charge is 0.418 e. The number of carbonyl (C=O) groups is 1. The molecule has 0 saturated carbocycles. The summed E-state index contributed by atoms with van der Waals surface area (Å²) in [5.41, 5.74) is -1.26. The lowest BCUT2D eigenvalue weighted by atomic mass is 10.0. The number of carbonyl (C=O) groups excluding carboxylic acids is 1. The number of nitrogens with one attached hydrogen (secondary N) is 1. The predicted molar refractivity (Wildman–Crippen MR) is 100 cm³/mol. The van der Waals surface area contributed by atoms with Crippen LogP contribution in [0.3, 0.4) is 0 Å². The summed E-state index contributed by atoms with van der Waals surface area (Å²) in [6, 6.07) is 3.06. The first kappa shape index (κ1) is 20.4. The molecule has 1 aromatic carbocycles. The van der Waals surface area contributed by atoms with Crippen LogP contribution in [0.25, 0.3) is 0 Å². The molecule has 0 spiro atoms. The van der Waals surface area contributed by atoms with Crippen molar-refractivity contribution in [3.63, 3.8) is 0 Å². The zero-order chi connectivity index (χ0) is 20.5. The van der Waals surface area contributed by atoms with E-state index in [4.69, 9.17) is 11.6 Å². The Morgan fingerprint density at radius 3 is 2.54 bits per heavy atom. The lowest BCUT2D eigenvalue weighted by molar-refractivity contribution is -0.384. The van der Waals surface area contributed by atoms with Crippen molar-refractivity contribution in [2.24, 2.45) is 0 Å². The Bertz CT molecular complexity index is 882. The number of benzene rings is 1. The van der Waals surface area contributed by atoms with E-state index in [2.05, 4.69) is 5.32 Å². The Morgan fingerprint density at radius 1 is 1.32 bits per heavy atom. The van der Waals surface area contributed by atoms with Crippen molar-refractivity contribution < 1.29 is 22.9 Å². The fourth-order valence-electron chi connectivity index (χ4n) is 3.10. The number of nitro benzene ring substituents is 1. The standard InChI is InChI=1S/C17H15ClF3N3O3S/c18-13-8-14(15(24(26)27)7-12(13)17(19,20)21)23-4-1-11(2-5-23)22-16(25)10-3-6-28-9-10/h3,6-9,11H,1-2,4-5H2,(H,22,25). The smallest absolute Gasteiger partial charge is 0.366 e. The van der Waals surface area contributed by atoms with E-state index in [1.165, 1.54) is 11.3 Å². The van der Waals surface area contributed by atoms with Crippen LogP contribution in [0.5, 0.6) is 0 Å². The average Bonchev–Trinajstić information content (AvgIpc) is 3.15. The van der Waals surface area contributed by atoms with E-state index in [1.54, 1.807) is 21.7 Å². The van der Waals surface area contributed by atoms with Crippen molar-refractivity contribution in [1.29, 1.82) is 0 Å². The molecule has 0 atom stereocenters. The van der Waals surface area contributed by atoms with E-state index in [0.29, 0.717) is 37.6 Å². The second-order valence-electron chi connectivity index (χ2n) is 6.32. The van der Waals surface area contributed by atoms with Crippen LogP contribution in [0.1, 0.15) is 28.8 Å². The summed E-state index contributed by atoms with van der Waals surface area (Å²) in [6.45, 7) is 0.689. The SMILES string of the molecule is O=C(NC1CCN(c2cc(Cl)c(C(F)(F)F)cc2[N+](=O)[O-])CC1)c1ccsc1. The molecular formula is C17H15ClF3N3O3S. The van der Waals surface area contributed by atoms with Crippen LogP contribution in [0.2, 0.25) is 5.02 Å². The van der Waals surface area contributed by atoms with Crippen molar-refractivity contribution in [1.82, 2.24) is 5.32 Å². The van der Waals surface area contributed by atoms with Gasteiger partial charge in [0.1, 0.15) is 5.69 Å². The maximum atomic E-state index is 13.0. The first-order valence-corrected chi connectivity index (χ1v) is 9.62. The molecule has 2 heterocycles. The van der Waals surface area contributed by atoms with Crippen molar-refractivity contribution in [2.45, 2.75) is 25.1 Å². The number of hydrogen-bond donors (Lipinski definition) is 1. The van der Waals surface area contributed by atoms with E-state index in [-0.39, 0.29) is 17.6 Å². The predicted octanol–water partition coefficient (Wildman–Crippen LogP) is 4.73.